The van der Waals surface area contributed by atoms with E-state index in [1.807, 2.05) is 25.1 Å². The lowest BCUT2D eigenvalue weighted by Crippen LogP contribution is -2.32. The van der Waals surface area contributed by atoms with Gasteiger partial charge in [0.15, 0.2) is 5.76 Å². The van der Waals surface area contributed by atoms with E-state index in [0.29, 0.717) is 17.3 Å². The number of likely N-dealkylation sites (tertiary alicyclic amines) is 1. The Morgan fingerprint density at radius 1 is 1.26 bits per heavy atom. The number of nitrogens with one attached hydrogen (secondary N) is 1. The number of nitrogens with zero attached hydrogens (tertiary/aromatic N) is 2. The number of fused-ring (bicyclic) bond motifs is 1. The molecule has 0 saturated carbocycles. The molecule has 6 nitrogen and oxygen atoms in total. The lowest BCUT2D eigenvalue weighted by molar-refractivity contribution is 0.0998. The number of rotatable bonds is 9. The summed E-state index contributed by atoms with van der Waals surface area (Å²) < 4.78 is 11.0. The van der Waals surface area contributed by atoms with Gasteiger partial charge in [0.2, 0.25) is 0 Å². The Balaban J connectivity index is 1.34. The largest absolute Gasteiger partial charge is 0.497 e. The first-order valence-corrected chi connectivity index (χ1v) is 12.3. The van der Waals surface area contributed by atoms with Crippen molar-refractivity contribution in [3.8, 4) is 5.75 Å². The highest BCUT2D eigenvalue weighted by Gasteiger charge is 2.22. The van der Waals surface area contributed by atoms with Crippen LogP contribution in [-0.2, 0) is 0 Å². The maximum absolute atomic E-state index is 12.8. The average Bonchev–Trinajstić information content (AvgIpc) is 3.44. The van der Waals surface area contributed by atoms with Gasteiger partial charge in [0.05, 0.1) is 7.11 Å². The lowest BCUT2D eigenvalue weighted by atomic mass is 10.1. The normalized spacial score (nSPS) is 17.1. The molecule has 1 fully saturated rings. The molecular formula is C28H37N3O3. The van der Waals surface area contributed by atoms with Gasteiger partial charge in [-0.25, -0.2) is 0 Å². The number of amides is 1. The number of hydrogen-bond acceptors (Lipinski definition) is 5. The van der Waals surface area contributed by atoms with Crippen LogP contribution in [0.25, 0.3) is 11.0 Å². The summed E-state index contributed by atoms with van der Waals surface area (Å²) in [5.74, 6) is 1.39. The zero-order valence-electron chi connectivity index (χ0n) is 21.1. The van der Waals surface area contributed by atoms with E-state index in [-0.39, 0.29) is 11.7 Å². The third-order valence-electron chi connectivity index (χ3n) is 7.04. The number of carbonyl (C=O) groups is 1. The number of carbonyl (C=O) groups excluding carboxylic acids is 1. The van der Waals surface area contributed by atoms with Gasteiger partial charge in [0, 0.05) is 49.0 Å². The topological polar surface area (TPSA) is 58.0 Å². The van der Waals surface area contributed by atoms with E-state index in [0.717, 1.165) is 41.3 Å². The molecule has 1 aromatic heterocycles. The third kappa shape index (κ3) is 5.55. The molecule has 4 rings (SSSR count). The van der Waals surface area contributed by atoms with Crippen molar-refractivity contribution in [3.05, 3.63) is 53.8 Å². The maximum Gasteiger partial charge on any atom is 0.291 e. The molecule has 1 amide bonds. The van der Waals surface area contributed by atoms with Gasteiger partial charge in [0.1, 0.15) is 11.3 Å². The van der Waals surface area contributed by atoms with Crippen LogP contribution in [0, 0.1) is 12.8 Å². The molecule has 0 bridgehead atoms. The lowest BCUT2D eigenvalue weighted by Gasteiger charge is -2.27. The van der Waals surface area contributed by atoms with Gasteiger partial charge in [-0.3, -0.25) is 4.79 Å². The Morgan fingerprint density at radius 3 is 2.79 bits per heavy atom. The minimum absolute atomic E-state index is 0.260. The highest BCUT2D eigenvalue weighted by atomic mass is 16.5. The summed E-state index contributed by atoms with van der Waals surface area (Å²) in [5.41, 5.74) is 3.60. The molecule has 1 N–H and O–H groups in total. The van der Waals surface area contributed by atoms with Crippen LogP contribution in [0.4, 0.5) is 11.4 Å². The number of aryl methyl sites for hydroxylation is 1. The first-order chi connectivity index (χ1) is 16.3. The van der Waals surface area contributed by atoms with Crippen molar-refractivity contribution >= 4 is 28.3 Å². The molecule has 182 valence electrons. The second-order valence-corrected chi connectivity index (χ2v) is 9.77. The standard InChI is InChI=1S/C28H37N3O3/c1-19(18-31-13-6-7-21(31)3)12-14-30(4)23-9-11-25(20(2)15-23)29-28(32)27-16-22-8-10-24(33-5)17-26(22)34-27/h8-11,15-17,19,21H,6-7,12-14,18H2,1-5H3,(H,29,32). The van der Waals surface area contributed by atoms with E-state index in [2.05, 4.69) is 48.1 Å². The zero-order valence-corrected chi connectivity index (χ0v) is 21.1. The Bertz CT molecular complexity index is 1140. The number of anilines is 2. The Labute approximate surface area is 202 Å². The van der Waals surface area contributed by atoms with Crippen LogP contribution in [0.15, 0.2) is 46.9 Å². The predicted octanol–water partition coefficient (Wildman–Crippen LogP) is 5.95. The summed E-state index contributed by atoms with van der Waals surface area (Å²) in [4.78, 5) is 17.7. The van der Waals surface area contributed by atoms with Crippen LogP contribution in [-0.4, -0.2) is 50.6 Å². The first-order valence-electron chi connectivity index (χ1n) is 12.3. The van der Waals surface area contributed by atoms with Crippen LogP contribution < -0.4 is 15.0 Å². The summed E-state index contributed by atoms with van der Waals surface area (Å²) >= 11 is 0. The predicted molar refractivity (Wildman–Crippen MR) is 139 cm³/mol. The number of hydrogen-bond donors (Lipinski definition) is 1. The number of methoxy groups -OCH3 is 1. The average molecular weight is 464 g/mol. The van der Waals surface area contributed by atoms with Gasteiger partial charge in [-0.2, -0.15) is 0 Å². The minimum Gasteiger partial charge on any atom is -0.497 e. The van der Waals surface area contributed by atoms with Crippen LogP contribution in [0.5, 0.6) is 5.75 Å². The van der Waals surface area contributed by atoms with E-state index in [1.165, 1.54) is 25.9 Å². The number of benzene rings is 2. The minimum atomic E-state index is -0.260. The fourth-order valence-electron chi connectivity index (χ4n) is 4.76. The molecule has 2 aromatic carbocycles. The van der Waals surface area contributed by atoms with Crippen molar-refractivity contribution in [2.45, 2.75) is 46.1 Å². The molecule has 3 aromatic rings. The van der Waals surface area contributed by atoms with Crippen molar-refractivity contribution in [1.29, 1.82) is 0 Å². The summed E-state index contributed by atoms with van der Waals surface area (Å²) in [6.45, 7) is 10.2. The van der Waals surface area contributed by atoms with Crippen molar-refractivity contribution in [2.24, 2.45) is 5.92 Å². The summed E-state index contributed by atoms with van der Waals surface area (Å²) in [7, 11) is 3.75. The van der Waals surface area contributed by atoms with E-state index in [9.17, 15) is 4.79 Å². The Morgan fingerprint density at radius 2 is 2.09 bits per heavy atom. The monoisotopic (exact) mass is 463 g/mol. The molecule has 2 heterocycles. The molecule has 2 atom stereocenters. The number of furan rings is 1. The number of ether oxygens (including phenoxy) is 1. The van der Waals surface area contributed by atoms with Crippen molar-refractivity contribution in [1.82, 2.24) is 4.90 Å². The van der Waals surface area contributed by atoms with Gasteiger partial charge in [-0.1, -0.05) is 6.92 Å². The Kier molecular flexibility index (Phi) is 7.47. The van der Waals surface area contributed by atoms with Crippen LogP contribution >= 0.6 is 0 Å². The van der Waals surface area contributed by atoms with Crippen molar-refractivity contribution in [2.75, 3.05) is 44.0 Å². The molecule has 6 heteroatoms. The quantitative estimate of drug-likeness (QED) is 0.425. The molecule has 0 spiro atoms. The molecule has 2 unspecified atom stereocenters. The molecule has 1 aliphatic rings. The fraction of sp³-hybridized carbons (Fsp3) is 0.464. The molecule has 34 heavy (non-hydrogen) atoms. The van der Waals surface area contributed by atoms with Crippen molar-refractivity contribution in [3.63, 3.8) is 0 Å². The molecule has 0 radical (unpaired) electrons. The first kappa shape index (κ1) is 24.1. The summed E-state index contributed by atoms with van der Waals surface area (Å²) in [6, 6.07) is 14.2. The van der Waals surface area contributed by atoms with E-state index in [1.54, 1.807) is 19.2 Å². The van der Waals surface area contributed by atoms with Gasteiger partial charge in [-0.05, 0) is 87.5 Å². The SMILES string of the molecule is COc1ccc2cc(C(=O)Nc3ccc(N(C)CCC(C)CN4CCCC4C)cc3C)oc2c1. The van der Waals surface area contributed by atoms with Crippen LogP contribution in [0.2, 0.25) is 0 Å². The smallest absolute Gasteiger partial charge is 0.291 e. The van der Waals surface area contributed by atoms with E-state index >= 15 is 0 Å². The zero-order chi connectivity index (χ0) is 24.2. The van der Waals surface area contributed by atoms with Crippen molar-refractivity contribution < 1.29 is 13.9 Å². The second-order valence-electron chi connectivity index (χ2n) is 9.77. The highest BCUT2D eigenvalue weighted by molar-refractivity contribution is 6.05. The van der Waals surface area contributed by atoms with Gasteiger partial charge in [-0.15, -0.1) is 0 Å². The molecule has 1 aliphatic heterocycles. The second kappa shape index (κ2) is 10.5. The summed E-state index contributed by atoms with van der Waals surface area (Å²) in [5, 5.41) is 3.86. The molecular weight excluding hydrogens is 426 g/mol. The third-order valence-corrected chi connectivity index (χ3v) is 7.04. The van der Waals surface area contributed by atoms with E-state index in [4.69, 9.17) is 9.15 Å². The summed E-state index contributed by atoms with van der Waals surface area (Å²) in [6.07, 6.45) is 3.83. The van der Waals surface area contributed by atoms with Crippen LogP contribution in [0.1, 0.15) is 49.2 Å². The maximum atomic E-state index is 12.8. The van der Waals surface area contributed by atoms with Gasteiger partial charge in [0.25, 0.3) is 5.91 Å². The Hall–Kier alpha value is -2.99. The fourth-order valence-corrected chi connectivity index (χ4v) is 4.76. The van der Waals surface area contributed by atoms with Gasteiger partial charge < -0.3 is 24.3 Å². The highest BCUT2D eigenvalue weighted by Crippen LogP contribution is 2.27. The van der Waals surface area contributed by atoms with Crippen LogP contribution in [0.3, 0.4) is 0 Å². The van der Waals surface area contributed by atoms with E-state index < -0.39 is 0 Å². The molecule has 0 aliphatic carbocycles. The molecule has 1 saturated heterocycles. The van der Waals surface area contributed by atoms with Gasteiger partial charge >= 0.3 is 0 Å².